The number of hydrogen-bond acceptors (Lipinski definition) is 1. The molecule has 0 spiro atoms. The summed E-state index contributed by atoms with van der Waals surface area (Å²) in [6, 6.07) is 8.83. The van der Waals surface area contributed by atoms with Crippen LogP contribution >= 0.6 is 0 Å². The Bertz CT molecular complexity index is 396. The van der Waals surface area contributed by atoms with Crippen molar-refractivity contribution in [3.63, 3.8) is 0 Å². The highest BCUT2D eigenvalue weighted by molar-refractivity contribution is 5.79. The molecule has 0 atom stereocenters. The fraction of sp³-hybridized carbons (Fsp3) is 0.533. The van der Waals surface area contributed by atoms with E-state index in [4.69, 9.17) is 0 Å². The number of amides is 1. The Morgan fingerprint density at radius 3 is 2.29 bits per heavy atom. The molecular formula is C15H21NO. The van der Waals surface area contributed by atoms with Gasteiger partial charge in [-0.05, 0) is 29.4 Å². The molecule has 1 aliphatic carbocycles. The molecule has 2 heteroatoms. The molecule has 92 valence electrons. The van der Waals surface area contributed by atoms with E-state index in [1.165, 1.54) is 5.56 Å². The van der Waals surface area contributed by atoms with Crippen LogP contribution in [0.4, 0.5) is 0 Å². The Kier molecular flexibility index (Phi) is 3.23. The molecule has 1 aromatic rings. The number of carbonyl (C=O) groups excluding carboxylic acids is 1. The zero-order valence-electron chi connectivity index (χ0n) is 10.9. The van der Waals surface area contributed by atoms with Gasteiger partial charge < -0.3 is 5.32 Å². The number of rotatable bonds is 3. The first-order valence-corrected chi connectivity index (χ1v) is 6.34. The maximum Gasteiger partial charge on any atom is 0.224 e. The van der Waals surface area contributed by atoms with Crippen LogP contribution in [0.2, 0.25) is 0 Å². The van der Waals surface area contributed by atoms with Crippen molar-refractivity contribution in [2.24, 2.45) is 0 Å². The molecule has 1 N–H and O–H groups in total. The van der Waals surface area contributed by atoms with E-state index in [2.05, 4.69) is 50.4 Å². The van der Waals surface area contributed by atoms with Crippen LogP contribution in [0.1, 0.15) is 44.7 Å². The van der Waals surface area contributed by atoms with Crippen LogP contribution in [0.15, 0.2) is 24.3 Å². The third-order valence-electron chi connectivity index (χ3n) is 3.13. The molecule has 0 radical (unpaired) electrons. The number of carbonyl (C=O) groups is 1. The quantitative estimate of drug-likeness (QED) is 0.851. The van der Waals surface area contributed by atoms with Gasteiger partial charge in [-0.1, -0.05) is 45.0 Å². The summed E-state index contributed by atoms with van der Waals surface area (Å²) in [5.41, 5.74) is 2.58. The van der Waals surface area contributed by atoms with E-state index in [0.29, 0.717) is 12.5 Å². The van der Waals surface area contributed by atoms with Gasteiger partial charge in [-0.15, -0.1) is 0 Å². The molecule has 1 amide bonds. The van der Waals surface area contributed by atoms with Crippen LogP contribution in [0, 0.1) is 0 Å². The summed E-state index contributed by atoms with van der Waals surface area (Å²) in [4.78, 5) is 11.6. The van der Waals surface area contributed by atoms with Crippen LogP contribution in [-0.2, 0) is 16.6 Å². The first-order chi connectivity index (χ1) is 7.95. The van der Waals surface area contributed by atoms with Crippen LogP contribution < -0.4 is 5.32 Å². The van der Waals surface area contributed by atoms with Crippen molar-refractivity contribution in [1.29, 1.82) is 0 Å². The smallest absolute Gasteiger partial charge is 0.224 e. The minimum Gasteiger partial charge on any atom is -0.353 e. The largest absolute Gasteiger partial charge is 0.353 e. The maximum atomic E-state index is 11.6. The number of benzene rings is 1. The predicted octanol–water partition coefficient (Wildman–Crippen LogP) is 2.81. The third-order valence-corrected chi connectivity index (χ3v) is 3.13. The lowest BCUT2D eigenvalue weighted by Crippen LogP contribution is -2.26. The van der Waals surface area contributed by atoms with Crippen molar-refractivity contribution < 1.29 is 4.79 Å². The lowest BCUT2D eigenvalue weighted by molar-refractivity contribution is -0.120. The highest BCUT2D eigenvalue weighted by Crippen LogP contribution is 2.22. The van der Waals surface area contributed by atoms with Crippen LogP contribution in [0.25, 0.3) is 0 Å². The third kappa shape index (κ3) is 3.58. The Balaban J connectivity index is 1.95. The Hall–Kier alpha value is -1.31. The molecule has 1 saturated carbocycles. The molecule has 0 saturated heterocycles. The van der Waals surface area contributed by atoms with Crippen molar-refractivity contribution >= 4 is 5.91 Å². The van der Waals surface area contributed by atoms with Gasteiger partial charge in [-0.25, -0.2) is 0 Å². The first kappa shape index (κ1) is 12.2. The molecule has 0 aromatic heterocycles. The molecule has 0 bridgehead atoms. The highest BCUT2D eigenvalue weighted by Gasteiger charge is 2.23. The highest BCUT2D eigenvalue weighted by atomic mass is 16.1. The first-order valence-electron chi connectivity index (χ1n) is 6.34. The van der Waals surface area contributed by atoms with Crippen LogP contribution in [0.3, 0.4) is 0 Å². The second-order valence-corrected chi connectivity index (χ2v) is 5.97. The topological polar surface area (TPSA) is 29.1 Å². The van der Waals surface area contributed by atoms with E-state index >= 15 is 0 Å². The van der Waals surface area contributed by atoms with Gasteiger partial charge >= 0.3 is 0 Å². The van der Waals surface area contributed by atoms with Gasteiger partial charge in [0.1, 0.15) is 0 Å². The summed E-state index contributed by atoms with van der Waals surface area (Å²) >= 11 is 0. The summed E-state index contributed by atoms with van der Waals surface area (Å²) in [7, 11) is 0. The molecule has 2 rings (SSSR count). The average Bonchev–Trinajstić information content (AvgIpc) is 3.01. The van der Waals surface area contributed by atoms with Crippen molar-refractivity contribution in [2.45, 2.75) is 51.5 Å². The fourth-order valence-corrected chi connectivity index (χ4v) is 1.81. The fourth-order valence-electron chi connectivity index (χ4n) is 1.81. The molecule has 1 aromatic carbocycles. The maximum absolute atomic E-state index is 11.6. The summed E-state index contributed by atoms with van der Waals surface area (Å²) in [5, 5.41) is 3.01. The summed E-state index contributed by atoms with van der Waals surface area (Å²) < 4.78 is 0. The van der Waals surface area contributed by atoms with E-state index < -0.39 is 0 Å². The molecule has 1 aliphatic rings. The van der Waals surface area contributed by atoms with E-state index in [-0.39, 0.29) is 11.3 Å². The Morgan fingerprint density at radius 2 is 1.82 bits per heavy atom. The van der Waals surface area contributed by atoms with Gasteiger partial charge in [-0.2, -0.15) is 0 Å². The van der Waals surface area contributed by atoms with Gasteiger partial charge in [0, 0.05) is 6.04 Å². The zero-order chi connectivity index (χ0) is 12.5. The van der Waals surface area contributed by atoms with Gasteiger partial charge in [0.05, 0.1) is 6.42 Å². The zero-order valence-corrected chi connectivity index (χ0v) is 10.9. The van der Waals surface area contributed by atoms with Crippen LogP contribution in [0.5, 0.6) is 0 Å². The second-order valence-electron chi connectivity index (χ2n) is 5.97. The molecular weight excluding hydrogens is 210 g/mol. The molecule has 0 aliphatic heterocycles. The lowest BCUT2D eigenvalue weighted by Gasteiger charge is -2.19. The van der Waals surface area contributed by atoms with E-state index in [9.17, 15) is 4.79 Å². The number of nitrogens with one attached hydrogen (secondary N) is 1. The molecule has 2 nitrogen and oxygen atoms in total. The van der Waals surface area contributed by atoms with Gasteiger partial charge in [0.2, 0.25) is 5.91 Å². The van der Waals surface area contributed by atoms with Crippen molar-refractivity contribution in [2.75, 3.05) is 0 Å². The standard InChI is InChI=1S/C15H21NO/c1-15(2,3)12-6-4-11(5-7-12)10-14(17)16-13-8-9-13/h4-7,13H,8-10H2,1-3H3,(H,16,17). The van der Waals surface area contributed by atoms with E-state index in [1.807, 2.05) is 0 Å². The minimum absolute atomic E-state index is 0.149. The predicted molar refractivity (Wildman–Crippen MR) is 70.0 cm³/mol. The molecule has 1 fully saturated rings. The average molecular weight is 231 g/mol. The van der Waals surface area contributed by atoms with Crippen LogP contribution in [-0.4, -0.2) is 11.9 Å². The normalized spacial score (nSPS) is 15.7. The van der Waals surface area contributed by atoms with E-state index in [1.54, 1.807) is 0 Å². The second kappa shape index (κ2) is 4.52. The molecule has 0 unspecified atom stereocenters. The monoisotopic (exact) mass is 231 g/mol. The summed E-state index contributed by atoms with van der Waals surface area (Å²) in [6.07, 6.45) is 2.80. The Labute approximate surface area is 103 Å². The van der Waals surface area contributed by atoms with Crippen molar-refractivity contribution in [3.05, 3.63) is 35.4 Å². The summed E-state index contributed by atoms with van der Waals surface area (Å²) in [6.45, 7) is 6.59. The van der Waals surface area contributed by atoms with E-state index in [0.717, 1.165) is 18.4 Å². The summed E-state index contributed by atoms with van der Waals surface area (Å²) in [5.74, 6) is 0.149. The van der Waals surface area contributed by atoms with Crippen molar-refractivity contribution in [3.8, 4) is 0 Å². The number of hydrogen-bond donors (Lipinski definition) is 1. The van der Waals surface area contributed by atoms with Crippen molar-refractivity contribution in [1.82, 2.24) is 5.32 Å². The van der Waals surface area contributed by atoms with Gasteiger partial charge in [0.15, 0.2) is 0 Å². The minimum atomic E-state index is 0.149. The molecule has 0 heterocycles. The SMILES string of the molecule is CC(C)(C)c1ccc(CC(=O)NC2CC2)cc1. The van der Waals surface area contributed by atoms with Gasteiger partial charge in [0.25, 0.3) is 0 Å². The van der Waals surface area contributed by atoms with Gasteiger partial charge in [-0.3, -0.25) is 4.79 Å². The molecule has 17 heavy (non-hydrogen) atoms. The Morgan fingerprint density at radius 1 is 1.24 bits per heavy atom. The lowest BCUT2D eigenvalue weighted by atomic mass is 9.86.